The van der Waals surface area contributed by atoms with Crippen LogP contribution in [0.4, 0.5) is 0 Å². The van der Waals surface area contributed by atoms with Gasteiger partial charge in [0.25, 0.3) is 0 Å². The van der Waals surface area contributed by atoms with Gasteiger partial charge in [-0.25, -0.2) is 0 Å². The summed E-state index contributed by atoms with van der Waals surface area (Å²) >= 11 is 5.94. The summed E-state index contributed by atoms with van der Waals surface area (Å²) in [7, 11) is -0.342. The van der Waals surface area contributed by atoms with Crippen molar-refractivity contribution < 1.29 is 4.74 Å². The highest BCUT2D eigenvalue weighted by atomic mass is 35.5. The number of rotatable bonds is 8. The summed E-state index contributed by atoms with van der Waals surface area (Å²) in [4.78, 5) is 0. The van der Waals surface area contributed by atoms with E-state index in [-0.39, 0.29) is 8.80 Å². The lowest BCUT2D eigenvalue weighted by Crippen LogP contribution is -2.29. The van der Waals surface area contributed by atoms with Crippen molar-refractivity contribution in [1.82, 2.24) is 0 Å². The summed E-state index contributed by atoms with van der Waals surface area (Å²) < 4.78 is 5.99. The van der Waals surface area contributed by atoms with Crippen LogP contribution in [0.15, 0.2) is 24.3 Å². The number of unbranched alkanes of at least 4 members (excludes halogenated alkanes) is 2. The van der Waals surface area contributed by atoms with Crippen LogP contribution in [0.5, 0.6) is 5.75 Å². The largest absolute Gasteiger partial charge is 0.493 e. The highest BCUT2D eigenvalue weighted by Gasteiger charge is 2.31. The van der Waals surface area contributed by atoms with Crippen LogP contribution in [0.2, 0.25) is 23.2 Å². The molecule has 146 valence electrons. The van der Waals surface area contributed by atoms with Gasteiger partial charge in [-0.15, -0.1) is 0 Å². The lowest BCUT2D eigenvalue weighted by molar-refractivity contribution is 0.148. The highest BCUT2D eigenvalue weighted by Crippen LogP contribution is 2.41. The Morgan fingerprint density at radius 3 is 2.23 bits per heavy atom. The Morgan fingerprint density at radius 2 is 1.58 bits per heavy atom. The molecule has 1 saturated heterocycles. The lowest BCUT2D eigenvalue weighted by Gasteiger charge is -2.37. The molecule has 0 atom stereocenters. The highest BCUT2D eigenvalue weighted by molar-refractivity contribution is 6.58. The molecule has 0 N–H and O–H groups in total. The SMILES string of the molecule is CCCCC[SiH]1CCC(C2CCC(COc3ccc(Cl)cc3)CC2)CC1. The molecule has 1 aliphatic heterocycles. The van der Waals surface area contributed by atoms with Crippen molar-refractivity contribution in [3.63, 3.8) is 0 Å². The maximum atomic E-state index is 5.99. The monoisotopic (exact) mass is 392 g/mol. The Hall–Kier alpha value is -0.473. The molecule has 3 rings (SSSR count). The Morgan fingerprint density at radius 1 is 0.923 bits per heavy atom. The van der Waals surface area contributed by atoms with Gasteiger partial charge in [-0.3, -0.25) is 0 Å². The predicted octanol–water partition coefficient (Wildman–Crippen LogP) is 7.35. The Labute approximate surface area is 167 Å². The minimum Gasteiger partial charge on any atom is -0.493 e. The topological polar surface area (TPSA) is 9.23 Å². The third-order valence-electron chi connectivity index (χ3n) is 6.96. The van der Waals surface area contributed by atoms with E-state index in [4.69, 9.17) is 16.3 Å². The minimum atomic E-state index is -0.342. The molecule has 1 aliphatic carbocycles. The van der Waals surface area contributed by atoms with Gasteiger partial charge in [0, 0.05) is 13.8 Å². The molecule has 0 amide bonds. The Kier molecular flexibility index (Phi) is 8.38. The van der Waals surface area contributed by atoms with Gasteiger partial charge in [0.1, 0.15) is 5.75 Å². The zero-order chi connectivity index (χ0) is 18.2. The molecule has 0 spiro atoms. The normalized spacial score (nSPS) is 29.5. The summed E-state index contributed by atoms with van der Waals surface area (Å²) in [6.07, 6.45) is 13.1. The molecule has 1 saturated carbocycles. The van der Waals surface area contributed by atoms with E-state index < -0.39 is 0 Å². The fraction of sp³-hybridized carbons (Fsp3) is 0.739. The van der Waals surface area contributed by atoms with E-state index in [1.54, 1.807) is 31.0 Å². The first-order valence-electron chi connectivity index (χ1n) is 11.1. The summed E-state index contributed by atoms with van der Waals surface area (Å²) in [5.41, 5.74) is 0. The molecule has 1 aromatic carbocycles. The maximum absolute atomic E-state index is 5.99. The Bertz CT molecular complexity index is 501. The van der Waals surface area contributed by atoms with Crippen LogP contribution in [0.1, 0.15) is 64.7 Å². The molecular weight excluding hydrogens is 356 g/mol. The Balaban J connectivity index is 1.32. The van der Waals surface area contributed by atoms with Crippen LogP contribution in [0.25, 0.3) is 0 Å². The molecule has 2 fully saturated rings. The lowest BCUT2D eigenvalue weighted by atomic mass is 9.74. The van der Waals surface area contributed by atoms with E-state index in [2.05, 4.69) is 6.92 Å². The summed E-state index contributed by atoms with van der Waals surface area (Å²) in [5, 5.41) is 0.779. The second-order valence-electron chi connectivity index (χ2n) is 8.82. The number of hydrogen-bond donors (Lipinski definition) is 0. The summed E-state index contributed by atoms with van der Waals surface area (Å²) in [6.45, 7) is 3.21. The van der Waals surface area contributed by atoms with Gasteiger partial charge in [0.2, 0.25) is 0 Å². The van der Waals surface area contributed by atoms with Gasteiger partial charge >= 0.3 is 0 Å². The standard InChI is InChI=1S/C23H37ClOSi/c1-2-3-4-15-26-16-13-21(14-17-26)20-7-5-19(6-8-20)18-25-23-11-9-22(24)10-12-23/h9-12,19-21,26H,2-8,13-18H2,1H3. The molecule has 0 bridgehead atoms. The fourth-order valence-corrected chi connectivity index (χ4v) is 8.86. The first-order valence-corrected chi connectivity index (χ1v) is 14.0. The minimum absolute atomic E-state index is 0.342. The van der Waals surface area contributed by atoms with E-state index in [1.165, 1.54) is 44.9 Å². The zero-order valence-electron chi connectivity index (χ0n) is 16.6. The second-order valence-corrected chi connectivity index (χ2v) is 12.7. The van der Waals surface area contributed by atoms with Gasteiger partial charge < -0.3 is 4.74 Å². The van der Waals surface area contributed by atoms with Crippen molar-refractivity contribution in [2.45, 2.75) is 82.8 Å². The van der Waals surface area contributed by atoms with Crippen molar-refractivity contribution in [2.24, 2.45) is 17.8 Å². The fourth-order valence-electron chi connectivity index (χ4n) is 5.20. The molecule has 1 nitrogen and oxygen atoms in total. The number of ether oxygens (including phenoxy) is 1. The predicted molar refractivity (Wildman–Crippen MR) is 116 cm³/mol. The average Bonchev–Trinajstić information content (AvgIpc) is 2.69. The van der Waals surface area contributed by atoms with Gasteiger partial charge in [0.15, 0.2) is 0 Å². The molecule has 26 heavy (non-hydrogen) atoms. The molecular formula is C23H37ClOSi. The summed E-state index contributed by atoms with van der Waals surface area (Å²) in [5.74, 6) is 3.79. The van der Waals surface area contributed by atoms with E-state index in [1.807, 2.05) is 24.3 Å². The third-order valence-corrected chi connectivity index (χ3v) is 10.7. The quantitative estimate of drug-likeness (QED) is 0.331. The van der Waals surface area contributed by atoms with Crippen molar-refractivity contribution in [3.8, 4) is 5.75 Å². The average molecular weight is 393 g/mol. The number of hydrogen-bond acceptors (Lipinski definition) is 1. The number of halogens is 1. The van der Waals surface area contributed by atoms with Crippen LogP contribution in [0.3, 0.4) is 0 Å². The van der Waals surface area contributed by atoms with Crippen molar-refractivity contribution in [3.05, 3.63) is 29.3 Å². The number of benzene rings is 1. The van der Waals surface area contributed by atoms with Crippen molar-refractivity contribution >= 4 is 20.4 Å². The molecule has 0 unspecified atom stereocenters. The van der Waals surface area contributed by atoms with Crippen LogP contribution >= 0.6 is 11.6 Å². The van der Waals surface area contributed by atoms with Crippen LogP contribution in [-0.2, 0) is 0 Å². The van der Waals surface area contributed by atoms with Gasteiger partial charge in [0.05, 0.1) is 6.61 Å². The molecule has 2 aliphatic rings. The molecule has 0 aromatic heterocycles. The van der Waals surface area contributed by atoms with Crippen LogP contribution < -0.4 is 4.74 Å². The maximum Gasteiger partial charge on any atom is 0.119 e. The molecule has 1 heterocycles. The smallest absolute Gasteiger partial charge is 0.119 e. The van der Waals surface area contributed by atoms with Crippen LogP contribution in [-0.4, -0.2) is 15.4 Å². The van der Waals surface area contributed by atoms with Crippen molar-refractivity contribution in [1.29, 1.82) is 0 Å². The molecule has 1 aromatic rings. The third kappa shape index (κ3) is 6.30. The van der Waals surface area contributed by atoms with E-state index in [0.717, 1.165) is 35.1 Å². The molecule has 0 radical (unpaired) electrons. The second kappa shape index (κ2) is 10.8. The van der Waals surface area contributed by atoms with Gasteiger partial charge in [-0.2, -0.15) is 0 Å². The first kappa shape index (κ1) is 20.3. The first-order chi connectivity index (χ1) is 12.7. The van der Waals surface area contributed by atoms with E-state index >= 15 is 0 Å². The van der Waals surface area contributed by atoms with E-state index in [0.29, 0.717) is 0 Å². The van der Waals surface area contributed by atoms with Crippen molar-refractivity contribution in [2.75, 3.05) is 6.61 Å². The zero-order valence-corrected chi connectivity index (χ0v) is 18.5. The van der Waals surface area contributed by atoms with Gasteiger partial charge in [-0.05, 0) is 67.7 Å². The molecule has 3 heteroatoms. The van der Waals surface area contributed by atoms with Gasteiger partial charge in [-0.1, -0.05) is 68.8 Å². The van der Waals surface area contributed by atoms with Crippen LogP contribution in [0, 0.1) is 17.8 Å². The summed E-state index contributed by atoms with van der Waals surface area (Å²) in [6, 6.07) is 12.7. The van der Waals surface area contributed by atoms with E-state index in [9.17, 15) is 0 Å².